The van der Waals surface area contributed by atoms with Crippen LogP contribution in [0, 0.1) is 5.92 Å². The molecule has 0 saturated carbocycles. The van der Waals surface area contributed by atoms with Gasteiger partial charge in [-0.2, -0.15) is 0 Å². The van der Waals surface area contributed by atoms with Crippen LogP contribution in [0.3, 0.4) is 0 Å². The zero-order chi connectivity index (χ0) is 17.1. The summed E-state index contributed by atoms with van der Waals surface area (Å²) in [6.45, 7) is 2.21. The molecule has 128 valence electrons. The Bertz CT molecular complexity index is 845. The molecule has 25 heavy (non-hydrogen) atoms. The third-order valence-corrected chi connectivity index (χ3v) is 5.32. The Morgan fingerprint density at radius 2 is 1.64 bits per heavy atom. The SMILES string of the molecule is O=C(Cn1ccc2ccccc21)N1CCC(Cc2ccccc2)CC1. The van der Waals surface area contributed by atoms with Gasteiger partial charge in [0.15, 0.2) is 0 Å². The Morgan fingerprint density at radius 3 is 2.44 bits per heavy atom. The molecule has 3 heteroatoms. The number of piperidine rings is 1. The molecule has 0 bridgehead atoms. The third-order valence-electron chi connectivity index (χ3n) is 5.32. The molecule has 0 N–H and O–H groups in total. The van der Waals surface area contributed by atoms with Crippen molar-refractivity contribution in [2.24, 2.45) is 5.92 Å². The second-order valence-electron chi connectivity index (χ2n) is 7.02. The Hall–Kier alpha value is -2.55. The highest BCUT2D eigenvalue weighted by Gasteiger charge is 2.23. The maximum Gasteiger partial charge on any atom is 0.242 e. The molecule has 3 aromatic rings. The first-order valence-electron chi connectivity index (χ1n) is 9.15. The van der Waals surface area contributed by atoms with Gasteiger partial charge >= 0.3 is 0 Å². The second-order valence-corrected chi connectivity index (χ2v) is 7.02. The quantitative estimate of drug-likeness (QED) is 0.705. The molecule has 2 heterocycles. The maximum atomic E-state index is 12.7. The third kappa shape index (κ3) is 3.60. The minimum Gasteiger partial charge on any atom is -0.341 e. The molecule has 1 aliphatic rings. The fourth-order valence-electron chi connectivity index (χ4n) is 3.86. The number of hydrogen-bond acceptors (Lipinski definition) is 1. The van der Waals surface area contributed by atoms with Crippen molar-refractivity contribution >= 4 is 16.8 Å². The number of para-hydroxylation sites is 1. The average Bonchev–Trinajstić information content (AvgIpc) is 3.06. The predicted molar refractivity (Wildman–Crippen MR) is 101 cm³/mol. The van der Waals surface area contributed by atoms with Crippen LogP contribution in [0.4, 0.5) is 0 Å². The number of carbonyl (C=O) groups is 1. The van der Waals surface area contributed by atoms with Gasteiger partial charge in [-0.25, -0.2) is 0 Å². The number of hydrogen-bond donors (Lipinski definition) is 0. The van der Waals surface area contributed by atoms with E-state index in [4.69, 9.17) is 0 Å². The van der Waals surface area contributed by atoms with E-state index in [-0.39, 0.29) is 5.91 Å². The van der Waals surface area contributed by atoms with Gasteiger partial charge in [0, 0.05) is 24.8 Å². The summed E-state index contributed by atoms with van der Waals surface area (Å²) in [5, 5.41) is 1.19. The number of likely N-dealkylation sites (tertiary alicyclic amines) is 1. The summed E-state index contributed by atoms with van der Waals surface area (Å²) >= 11 is 0. The minimum atomic E-state index is 0.236. The summed E-state index contributed by atoms with van der Waals surface area (Å²) in [6.07, 6.45) is 5.36. The molecule has 0 atom stereocenters. The Kier molecular flexibility index (Phi) is 4.55. The monoisotopic (exact) mass is 332 g/mol. The van der Waals surface area contributed by atoms with Crippen LogP contribution in [0.1, 0.15) is 18.4 Å². The summed E-state index contributed by atoms with van der Waals surface area (Å²) in [6, 6.07) is 21.0. The molecule has 1 aliphatic heterocycles. The van der Waals surface area contributed by atoms with Crippen LogP contribution < -0.4 is 0 Å². The highest BCUT2D eigenvalue weighted by Crippen LogP contribution is 2.22. The van der Waals surface area contributed by atoms with Crippen molar-refractivity contribution < 1.29 is 4.79 Å². The first kappa shape index (κ1) is 15.9. The largest absolute Gasteiger partial charge is 0.341 e. The Labute approximate surface area is 148 Å². The van der Waals surface area contributed by atoms with Gasteiger partial charge < -0.3 is 9.47 Å². The predicted octanol–water partition coefficient (Wildman–Crippen LogP) is 4.12. The van der Waals surface area contributed by atoms with Crippen LogP contribution in [0.15, 0.2) is 66.9 Å². The van der Waals surface area contributed by atoms with Gasteiger partial charge in [-0.1, -0.05) is 48.5 Å². The summed E-state index contributed by atoms with van der Waals surface area (Å²) in [5.41, 5.74) is 2.54. The van der Waals surface area contributed by atoms with Crippen molar-refractivity contribution in [3.8, 4) is 0 Å². The first-order chi connectivity index (χ1) is 12.3. The summed E-state index contributed by atoms with van der Waals surface area (Å²) < 4.78 is 2.06. The van der Waals surface area contributed by atoms with E-state index in [2.05, 4.69) is 53.1 Å². The minimum absolute atomic E-state index is 0.236. The van der Waals surface area contributed by atoms with Crippen molar-refractivity contribution in [1.29, 1.82) is 0 Å². The van der Waals surface area contributed by atoms with E-state index in [1.807, 2.05) is 23.2 Å². The molecule has 0 unspecified atom stereocenters. The number of fused-ring (bicyclic) bond motifs is 1. The highest BCUT2D eigenvalue weighted by atomic mass is 16.2. The van der Waals surface area contributed by atoms with Gasteiger partial charge in [0.2, 0.25) is 5.91 Å². The van der Waals surface area contributed by atoms with Crippen LogP contribution in [0.2, 0.25) is 0 Å². The molecule has 1 amide bonds. The van der Waals surface area contributed by atoms with Gasteiger partial charge in [0.05, 0.1) is 0 Å². The molecule has 0 radical (unpaired) electrons. The van der Waals surface area contributed by atoms with Crippen molar-refractivity contribution in [2.45, 2.75) is 25.8 Å². The van der Waals surface area contributed by atoms with E-state index in [0.717, 1.165) is 37.9 Å². The molecule has 1 fully saturated rings. The highest BCUT2D eigenvalue weighted by molar-refractivity contribution is 5.83. The van der Waals surface area contributed by atoms with Gasteiger partial charge in [-0.3, -0.25) is 4.79 Å². The molecule has 0 spiro atoms. The number of nitrogens with zero attached hydrogens (tertiary/aromatic N) is 2. The summed E-state index contributed by atoms with van der Waals surface area (Å²) in [7, 11) is 0. The lowest BCUT2D eigenvalue weighted by molar-refractivity contribution is -0.133. The van der Waals surface area contributed by atoms with Crippen molar-refractivity contribution in [1.82, 2.24) is 9.47 Å². The molecule has 4 rings (SSSR count). The summed E-state index contributed by atoms with van der Waals surface area (Å²) in [4.78, 5) is 14.7. The lowest BCUT2D eigenvalue weighted by Crippen LogP contribution is -2.40. The van der Waals surface area contributed by atoms with E-state index >= 15 is 0 Å². The lowest BCUT2D eigenvalue weighted by Gasteiger charge is -2.32. The lowest BCUT2D eigenvalue weighted by atomic mass is 9.90. The average molecular weight is 332 g/mol. The van der Waals surface area contributed by atoms with Crippen LogP contribution in [-0.4, -0.2) is 28.5 Å². The van der Waals surface area contributed by atoms with Gasteiger partial charge in [0.25, 0.3) is 0 Å². The van der Waals surface area contributed by atoms with Crippen molar-refractivity contribution in [3.05, 3.63) is 72.4 Å². The van der Waals surface area contributed by atoms with E-state index in [1.54, 1.807) is 0 Å². The second kappa shape index (κ2) is 7.14. The fraction of sp³-hybridized carbons (Fsp3) is 0.318. The number of amides is 1. The van der Waals surface area contributed by atoms with Gasteiger partial charge in [0.1, 0.15) is 6.54 Å². The van der Waals surface area contributed by atoms with E-state index in [9.17, 15) is 4.79 Å². The number of benzene rings is 2. The zero-order valence-electron chi connectivity index (χ0n) is 14.5. The molecule has 3 nitrogen and oxygen atoms in total. The molecule has 1 aromatic heterocycles. The van der Waals surface area contributed by atoms with E-state index in [1.165, 1.54) is 10.9 Å². The number of aromatic nitrogens is 1. The number of rotatable bonds is 4. The molecular formula is C22H24N2O. The summed E-state index contributed by atoms with van der Waals surface area (Å²) in [5.74, 6) is 0.929. The molecule has 1 saturated heterocycles. The number of carbonyl (C=O) groups excluding carboxylic acids is 1. The molecule has 0 aliphatic carbocycles. The van der Waals surface area contributed by atoms with E-state index < -0.39 is 0 Å². The Balaban J connectivity index is 1.33. The van der Waals surface area contributed by atoms with E-state index in [0.29, 0.717) is 12.5 Å². The van der Waals surface area contributed by atoms with Gasteiger partial charge in [-0.15, -0.1) is 0 Å². The smallest absolute Gasteiger partial charge is 0.242 e. The van der Waals surface area contributed by atoms with Crippen molar-refractivity contribution in [3.63, 3.8) is 0 Å². The van der Waals surface area contributed by atoms with Crippen LogP contribution in [0.5, 0.6) is 0 Å². The van der Waals surface area contributed by atoms with Crippen LogP contribution in [-0.2, 0) is 17.8 Å². The topological polar surface area (TPSA) is 25.2 Å². The fourth-order valence-corrected chi connectivity index (χ4v) is 3.86. The van der Waals surface area contributed by atoms with Gasteiger partial charge in [-0.05, 0) is 48.3 Å². The maximum absolute atomic E-state index is 12.7. The van der Waals surface area contributed by atoms with Crippen LogP contribution in [0.25, 0.3) is 10.9 Å². The molecule has 2 aromatic carbocycles. The standard InChI is InChI=1S/C22H24N2O/c25-22(17-24-15-12-20-8-4-5-9-21(20)24)23-13-10-19(11-14-23)16-18-6-2-1-3-7-18/h1-9,12,15,19H,10-11,13-14,16-17H2. The van der Waals surface area contributed by atoms with Crippen molar-refractivity contribution in [2.75, 3.05) is 13.1 Å². The van der Waals surface area contributed by atoms with Crippen LogP contribution >= 0.6 is 0 Å². The zero-order valence-corrected chi connectivity index (χ0v) is 14.5. The molecular weight excluding hydrogens is 308 g/mol. The normalized spacial score (nSPS) is 15.6. The first-order valence-corrected chi connectivity index (χ1v) is 9.15. The Morgan fingerprint density at radius 1 is 0.920 bits per heavy atom.